The number of amides is 1. The number of hydrogen-bond acceptors (Lipinski definition) is 6. The molecule has 0 bridgehead atoms. The van der Waals surface area contributed by atoms with E-state index in [4.69, 9.17) is 26.4 Å². The third-order valence-corrected chi connectivity index (χ3v) is 6.48. The lowest BCUT2D eigenvalue weighted by atomic mass is 10.2. The maximum absolute atomic E-state index is 12.8. The van der Waals surface area contributed by atoms with E-state index >= 15 is 0 Å². The molecule has 0 spiro atoms. The summed E-state index contributed by atoms with van der Waals surface area (Å²) >= 11 is 6.77. The van der Waals surface area contributed by atoms with Crippen LogP contribution in [0.15, 0.2) is 83.8 Å². The molecule has 174 valence electrons. The van der Waals surface area contributed by atoms with Gasteiger partial charge < -0.3 is 14.2 Å². The normalized spacial score (nSPS) is 14.5. The zero-order valence-corrected chi connectivity index (χ0v) is 20.4. The van der Waals surface area contributed by atoms with E-state index in [1.807, 2.05) is 84.9 Å². The lowest BCUT2D eigenvalue weighted by Crippen LogP contribution is -2.27. The standard InChI is InChI=1S/C27H25NO4S2/c1-30-23-9-5-10-24(18-23)32-16-6-15-31-22-13-11-20(12-14-22)17-25-26(29)28(27(33)34-25)19-21-7-3-2-4-8-21/h2-5,7-14,17-18H,6,15-16,19H2,1H3/b25-17-. The van der Waals surface area contributed by atoms with Crippen molar-refractivity contribution >= 4 is 40.3 Å². The van der Waals surface area contributed by atoms with Crippen LogP contribution in [0.4, 0.5) is 0 Å². The molecule has 4 rings (SSSR count). The number of nitrogens with zero attached hydrogens (tertiary/aromatic N) is 1. The van der Waals surface area contributed by atoms with Gasteiger partial charge in [0.15, 0.2) is 0 Å². The van der Waals surface area contributed by atoms with Crippen LogP contribution < -0.4 is 14.2 Å². The molecule has 0 aliphatic carbocycles. The van der Waals surface area contributed by atoms with Crippen molar-refractivity contribution < 1.29 is 19.0 Å². The lowest BCUT2D eigenvalue weighted by Gasteiger charge is -2.14. The van der Waals surface area contributed by atoms with E-state index in [9.17, 15) is 4.79 Å². The van der Waals surface area contributed by atoms with Gasteiger partial charge in [0.05, 0.1) is 31.8 Å². The van der Waals surface area contributed by atoms with Crippen molar-refractivity contribution in [3.8, 4) is 17.2 Å². The summed E-state index contributed by atoms with van der Waals surface area (Å²) in [6.07, 6.45) is 2.62. The van der Waals surface area contributed by atoms with Crippen molar-refractivity contribution in [1.29, 1.82) is 0 Å². The van der Waals surface area contributed by atoms with E-state index in [-0.39, 0.29) is 5.91 Å². The summed E-state index contributed by atoms with van der Waals surface area (Å²) in [6, 6.07) is 25.1. The Labute approximate surface area is 209 Å². The fraction of sp³-hybridized carbons (Fsp3) is 0.185. The number of rotatable bonds is 10. The molecule has 0 N–H and O–H groups in total. The van der Waals surface area contributed by atoms with Crippen molar-refractivity contribution in [2.45, 2.75) is 13.0 Å². The highest BCUT2D eigenvalue weighted by Crippen LogP contribution is 2.33. The van der Waals surface area contributed by atoms with Crippen molar-refractivity contribution in [3.63, 3.8) is 0 Å². The van der Waals surface area contributed by atoms with E-state index in [1.165, 1.54) is 11.8 Å². The van der Waals surface area contributed by atoms with Crippen LogP contribution in [-0.4, -0.2) is 35.5 Å². The molecule has 0 aromatic heterocycles. The van der Waals surface area contributed by atoms with Gasteiger partial charge >= 0.3 is 0 Å². The van der Waals surface area contributed by atoms with Crippen molar-refractivity contribution in [1.82, 2.24) is 4.90 Å². The number of benzene rings is 3. The maximum Gasteiger partial charge on any atom is 0.266 e. The van der Waals surface area contributed by atoms with Crippen LogP contribution in [0.1, 0.15) is 17.5 Å². The number of carbonyl (C=O) groups excluding carboxylic acids is 1. The highest BCUT2D eigenvalue weighted by atomic mass is 32.2. The van der Waals surface area contributed by atoms with Gasteiger partial charge in [0.1, 0.15) is 21.6 Å². The number of methoxy groups -OCH3 is 1. The Morgan fingerprint density at radius 3 is 2.32 bits per heavy atom. The Morgan fingerprint density at radius 1 is 0.882 bits per heavy atom. The average Bonchev–Trinajstić information content (AvgIpc) is 3.13. The van der Waals surface area contributed by atoms with Gasteiger partial charge in [-0.3, -0.25) is 9.69 Å². The fourth-order valence-corrected chi connectivity index (χ4v) is 4.60. The van der Waals surface area contributed by atoms with E-state index in [1.54, 1.807) is 12.0 Å². The number of carbonyl (C=O) groups is 1. The van der Waals surface area contributed by atoms with Gasteiger partial charge in [-0.2, -0.15) is 0 Å². The molecule has 1 saturated heterocycles. The van der Waals surface area contributed by atoms with Gasteiger partial charge in [0.25, 0.3) is 5.91 Å². The molecule has 0 unspecified atom stereocenters. The molecule has 0 saturated carbocycles. The van der Waals surface area contributed by atoms with Gasteiger partial charge in [0.2, 0.25) is 0 Å². The molecule has 34 heavy (non-hydrogen) atoms. The van der Waals surface area contributed by atoms with E-state index in [0.29, 0.717) is 29.0 Å². The summed E-state index contributed by atoms with van der Waals surface area (Å²) in [7, 11) is 1.63. The van der Waals surface area contributed by atoms with Gasteiger partial charge in [0, 0.05) is 12.5 Å². The Balaban J connectivity index is 1.25. The van der Waals surface area contributed by atoms with Gasteiger partial charge in [-0.05, 0) is 41.5 Å². The molecule has 7 heteroatoms. The molecule has 1 aliphatic rings. The minimum atomic E-state index is -0.0600. The maximum atomic E-state index is 12.8. The molecule has 1 heterocycles. The van der Waals surface area contributed by atoms with E-state index in [2.05, 4.69) is 0 Å². The molecule has 3 aromatic rings. The lowest BCUT2D eigenvalue weighted by molar-refractivity contribution is -0.122. The average molecular weight is 492 g/mol. The summed E-state index contributed by atoms with van der Waals surface area (Å²) in [5, 5.41) is 0. The zero-order chi connectivity index (χ0) is 23.8. The first-order valence-electron chi connectivity index (χ1n) is 10.9. The van der Waals surface area contributed by atoms with Gasteiger partial charge in [-0.15, -0.1) is 0 Å². The first-order valence-corrected chi connectivity index (χ1v) is 12.1. The van der Waals surface area contributed by atoms with Crippen LogP contribution in [0.2, 0.25) is 0 Å². The van der Waals surface area contributed by atoms with Crippen LogP contribution in [-0.2, 0) is 11.3 Å². The summed E-state index contributed by atoms with van der Waals surface area (Å²) in [5.41, 5.74) is 1.98. The Kier molecular flexibility index (Phi) is 8.22. The highest BCUT2D eigenvalue weighted by molar-refractivity contribution is 8.26. The molecule has 5 nitrogen and oxygen atoms in total. The molecule has 3 aromatic carbocycles. The third kappa shape index (κ3) is 6.40. The summed E-state index contributed by atoms with van der Waals surface area (Å²) in [5.74, 6) is 2.26. The summed E-state index contributed by atoms with van der Waals surface area (Å²) < 4.78 is 17.3. The Morgan fingerprint density at radius 2 is 1.59 bits per heavy atom. The summed E-state index contributed by atoms with van der Waals surface area (Å²) in [4.78, 5) is 15.1. The third-order valence-electron chi connectivity index (χ3n) is 5.10. The quantitative estimate of drug-likeness (QED) is 0.199. The van der Waals surface area contributed by atoms with Crippen LogP contribution in [0.25, 0.3) is 6.08 Å². The molecular formula is C27H25NO4S2. The smallest absolute Gasteiger partial charge is 0.266 e. The van der Waals surface area contributed by atoms with Crippen LogP contribution in [0, 0.1) is 0 Å². The Bertz CT molecular complexity index is 1160. The van der Waals surface area contributed by atoms with Crippen molar-refractivity contribution in [2.75, 3.05) is 20.3 Å². The first kappa shape index (κ1) is 23.9. The molecule has 1 aliphatic heterocycles. The van der Waals surface area contributed by atoms with Crippen LogP contribution in [0.3, 0.4) is 0 Å². The van der Waals surface area contributed by atoms with Crippen molar-refractivity contribution in [3.05, 3.63) is 94.9 Å². The second kappa shape index (κ2) is 11.7. The topological polar surface area (TPSA) is 48.0 Å². The second-order valence-electron chi connectivity index (χ2n) is 7.55. The molecule has 0 radical (unpaired) electrons. The number of thioether (sulfide) groups is 1. The molecule has 1 amide bonds. The monoisotopic (exact) mass is 491 g/mol. The van der Waals surface area contributed by atoms with Crippen LogP contribution in [0.5, 0.6) is 17.2 Å². The molecular weight excluding hydrogens is 466 g/mol. The number of ether oxygens (including phenoxy) is 3. The molecule has 0 atom stereocenters. The minimum absolute atomic E-state index is 0.0600. The predicted octanol–water partition coefficient (Wildman–Crippen LogP) is 5.94. The highest BCUT2D eigenvalue weighted by Gasteiger charge is 2.31. The predicted molar refractivity (Wildman–Crippen MR) is 140 cm³/mol. The minimum Gasteiger partial charge on any atom is -0.497 e. The number of hydrogen-bond donors (Lipinski definition) is 0. The van der Waals surface area contributed by atoms with Crippen LogP contribution >= 0.6 is 24.0 Å². The Hall–Kier alpha value is -3.29. The van der Waals surface area contributed by atoms with E-state index < -0.39 is 0 Å². The van der Waals surface area contributed by atoms with E-state index in [0.717, 1.165) is 34.8 Å². The second-order valence-corrected chi connectivity index (χ2v) is 9.23. The van der Waals surface area contributed by atoms with Gasteiger partial charge in [-0.25, -0.2) is 0 Å². The van der Waals surface area contributed by atoms with Gasteiger partial charge in [-0.1, -0.05) is 72.5 Å². The zero-order valence-electron chi connectivity index (χ0n) is 18.8. The SMILES string of the molecule is COc1cccc(OCCCOc2ccc(/C=C3\SC(=S)N(Cc4ccccc4)C3=O)cc2)c1. The largest absolute Gasteiger partial charge is 0.497 e. The first-order chi connectivity index (χ1) is 16.6. The number of thiocarbonyl (C=S) groups is 1. The molecule has 1 fully saturated rings. The van der Waals surface area contributed by atoms with Crippen molar-refractivity contribution in [2.24, 2.45) is 0 Å². The summed E-state index contributed by atoms with van der Waals surface area (Å²) in [6.45, 7) is 1.58. The fourth-order valence-electron chi connectivity index (χ4n) is 3.34.